The van der Waals surface area contributed by atoms with Gasteiger partial charge in [0.2, 0.25) is 0 Å². The Balaban J connectivity index is 2.07. The SMILES string of the molecule is Cc1nc(NC2CCC2)ccc1I. The summed E-state index contributed by atoms with van der Waals surface area (Å²) in [5, 5.41) is 3.43. The third kappa shape index (κ3) is 2.13. The van der Waals surface area contributed by atoms with E-state index >= 15 is 0 Å². The third-order valence-corrected chi connectivity index (χ3v) is 3.62. The van der Waals surface area contributed by atoms with Gasteiger partial charge in [-0.2, -0.15) is 0 Å². The second-order valence-corrected chi connectivity index (χ2v) is 4.70. The number of pyridine rings is 1. The van der Waals surface area contributed by atoms with E-state index in [-0.39, 0.29) is 0 Å². The summed E-state index contributed by atoms with van der Waals surface area (Å²) >= 11 is 2.31. The quantitative estimate of drug-likeness (QED) is 0.846. The molecular weight excluding hydrogens is 275 g/mol. The van der Waals surface area contributed by atoms with Gasteiger partial charge in [0.1, 0.15) is 5.82 Å². The van der Waals surface area contributed by atoms with Gasteiger partial charge in [-0.05, 0) is 60.9 Å². The molecule has 2 rings (SSSR count). The highest BCUT2D eigenvalue weighted by Crippen LogP contribution is 2.22. The Morgan fingerprint density at radius 3 is 2.77 bits per heavy atom. The zero-order chi connectivity index (χ0) is 9.26. The van der Waals surface area contributed by atoms with Gasteiger partial charge in [-0.3, -0.25) is 0 Å². The van der Waals surface area contributed by atoms with E-state index in [1.165, 1.54) is 22.8 Å². The lowest BCUT2D eigenvalue weighted by molar-refractivity contribution is 0.444. The molecule has 0 radical (unpaired) electrons. The number of rotatable bonds is 2. The predicted molar refractivity (Wildman–Crippen MR) is 63.0 cm³/mol. The molecule has 0 saturated heterocycles. The van der Waals surface area contributed by atoms with Gasteiger partial charge in [0.05, 0.1) is 5.69 Å². The molecule has 1 saturated carbocycles. The van der Waals surface area contributed by atoms with Crippen LogP contribution in [-0.2, 0) is 0 Å². The first kappa shape index (κ1) is 9.24. The highest BCUT2D eigenvalue weighted by Gasteiger charge is 2.17. The fourth-order valence-electron chi connectivity index (χ4n) is 1.39. The first-order valence-corrected chi connectivity index (χ1v) is 5.73. The van der Waals surface area contributed by atoms with Crippen LogP contribution in [0, 0.1) is 10.5 Å². The van der Waals surface area contributed by atoms with Gasteiger partial charge >= 0.3 is 0 Å². The molecule has 13 heavy (non-hydrogen) atoms. The number of aromatic nitrogens is 1. The number of nitrogens with zero attached hydrogens (tertiary/aromatic N) is 1. The largest absolute Gasteiger partial charge is 0.367 e. The fourth-order valence-corrected chi connectivity index (χ4v) is 1.69. The summed E-state index contributed by atoms with van der Waals surface area (Å²) in [6.07, 6.45) is 3.96. The molecule has 0 spiro atoms. The van der Waals surface area contributed by atoms with Crippen molar-refractivity contribution in [3.8, 4) is 0 Å². The van der Waals surface area contributed by atoms with Crippen LogP contribution < -0.4 is 5.32 Å². The van der Waals surface area contributed by atoms with Crippen molar-refractivity contribution in [1.29, 1.82) is 0 Å². The first-order chi connectivity index (χ1) is 6.25. The lowest BCUT2D eigenvalue weighted by Gasteiger charge is -2.27. The normalized spacial score (nSPS) is 16.8. The maximum absolute atomic E-state index is 4.48. The number of hydrogen-bond donors (Lipinski definition) is 1. The summed E-state index contributed by atoms with van der Waals surface area (Å²) in [4.78, 5) is 4.48. The van der Waals surface area contributed by atoms with E-state index in [9.17, 15) is 0 Å². The zero-order valence-electron chi connectivity index (χ0n) is 7.68. The number of hydrogen-bond acceptors (Lipinski definition) is 2. The summed E-state index contributed by atoms with van der Waals surface area (Å²) < 4.78 is 1.23. The van der Waals surface area contributed by atoms with Crippen LogP contribution in [0.1, 0.15) is 25.0 Å². The van der Waals surface area contributed by atoms with Crippen molar-refractivity contribution < 1.29 is 0 Å². The molecule has 3 heteroatoms. The molecule has 2 nitrogen and oxygen atoms in total. The summed E-state index contributed by atoms with van der Waals surface area (Å²) in [6, 6.07) is 4.85. The number of aryl methyl sites for hydroxylation is 1. The van der Waals surface area contributed by atoms with Crippen LogP contribution in [0.2, 0.25) is 0 Å². The minimum Gasteiger partial charge on any atom is -0.367 e. The van der Waals surface area contributed by atoms with Crippen LogP contribution in [0.5, 0.6) is 0 Å². The lowest BCUT2D eigenvalue weighted by atomic mass is 9.93. The van der Waals surface area contributed by atoms with Crippen molar-refractivity contribution in [1.82, 2.24) is 4.98 Å². The molecule has 1 aromatic heterocycles. The molecule has 1 aliphatic rings. The number of anilines is 1. The van der Waals surface area contributed by atoms with Crippen LogP contribution in [0.25, 0.3) is 0 Å². The van der Waals surface area contributed by atoms with Crippen molar-refractivity contribution >= 4 is 28.4 Å². The Labute approximate surface area is 92.3 Å². The van der Waals surface area contributed by atoms with Crippen molar-refractivity contribution in [2.45, 2.75) is 32.2 Å². The van der Waals surface area contributed by atoms with Gasteiger partial charge in [0, 0.05) is 9.61 Å². The van der Waals surface area contributed by atoms with Crippen LogP contribution in [0.15, 0.2) is 12.1 Å². The summed E-state index contributed by atoms with van der Waals surface area (Å²) in [5.74, 6) is 1.03. The van der Waals surface area contributed by atoms with Gasteiger partial charge < -0.3 is 5.32 Å². The number of nitrogens with one attached hydrogen (secondary N) is 1. The first-order valence-electron chi connectivity index (χ1n) is 4.65. The number of halogens is 1. The third-order valence-electron chi connectivity index (χ3n) is 2.48. The zero-order valence-corrected chi connectivity index (χ0v) is 9.84. The molecule has 1 N–H and O–H groups in total. The van der Waals surface area contributed by atoms with E-state index < -0.39 is 0 Å². The molecule has 1 aliphatic carbocycles. The standard InChI is InChI=1S/C10H13IN2/c1-7-9(11)5-6-10(12-7)13-8-3-2-4-8/h5-6,8H,2-4H2,1H3,(H,12,13). The van der Waals surface area contributed by atoms with Crippen LogP contribution in [0.4, 0.5) is 5.82 Å². The highest BCUT2D eigenvalue weighted by molar-refractivity contribution is 14.1. The average Bonchev–Trinajstić information content (AvgIpc) is 2.04. The molecule has 0 unspecified atom stereocenters. The van der Waals surface area contributed by atoms with Crippen LogP contribution >= 0.6 is 22.6 Å². The molecule has 0 aromatic carbocycles. The summed E-state index contributed by atoms with van der Waals surface area (Å²) in [7, 11) is 0. The molecule has 70 valence electrons. The Morgan fingerprint density at radius 2 is 2.23 bits per heavy atom. The topological polar surface area (TPSA) is 24.9 Å². The van der Waals surface area contributed by atoms with E-state index in [1.54, 1.807) is 0 Å². The predicted octanol–water partition coefficient (Wildman–Crippen LogP) is 2.96. The molecule has 0 atom stereocenters. The Hall–Kier alpha value is -0.320. The second kappa shape index (κ2) is 3.82. The smallest absolute Gasteiger partial charge is 0.126 e. The Kier molecular flexibility index (Phi) is 2.71. The molecule has 1 heterocycles. The van der Waals surface area contributed by atoms with Gasteiger partial charge in [-0.25, -0.2) is 4.98 Å². The fraction of sp³-hybridized carbons (Fsp3) is 0.500. The second-order valence-electron chi connectivity index (χ2n) is 3.54. The molecule has 1 fully saturated rings. The molecular formula is C10H13IN2. The Morgan fingerprint density at radius 1 is 1.46 bits per heavy atom. The maximum Gasteiger partial charge on any atom is 0.126 e. The molecule has 1 aromatic rings. The molecule has 0 bridgehead atoms. The monoisotopic (exact) mass is 288 g/mol. The van der Waals surface area contributed by atoms with E-state index in [0.717, 1.165) is 11.5 Å². The van der Waals surface area contributed by atoms with Crippen LogP contribution in [0.3, 0.4) is 0 Å². The Bertz CT molecular complexity index is 308. The maximum atomic E-state index is 4.48. The minimum absolute atomic E-state index is 0.673. The highest BCUT2D eigenvalue weighted by atomic mass is 127. The van der Waals surface area contributed by atoms with E-state index in [0.29, 0.717) is 6.04 Å². The molecule has 0 aliphatic heterocycles. The van der Waals surface area contributed by atoms with Gasteiger partial charge in [0.15, 0.2) is 0 Å². The van der Waals surface area contributed by atoms with E-state index in [1.807, 2.05) is 6.92 Å². The van der Waals surface area contributed by atoms with Crippen molar-refractivity contribution in [3.63, 3.8) is 0 Å². The van der Waals surface area contributed by atoms with Gasteiger partial charge in [0.25, 0.3) is 0 Å². The van der Waals surface area contributed by atoms with Crippen molar-refractivity contribution in [2.75, 3.05) is 5.32 Å². The van der Waals surface area contributed by atoms with Gasteiger partial charge in [-0.15, -0.1) is 0 Å². The average molecular weight is 288 g/mol. The van der Waals surface area contributed by atoms with Crippen molar-refractivity contribution in [2.24, 2.45) is 0 Å². The minimum atomic E-state index is 0.673. The van der Waals surface area contributed by atoms with Crippen LogP contribution in [-0.4, -0.2) is 11.0 Å². The van der Waals surface area contributed by atoms with Crippen molar-refractivity contribution in [3.05, 3.63) is 21.4 Å². The summed E-state index contributed by atoms with van der Waals surface area (Å²) in [5.41, 5.74) is 1.12. The molecule has 0 amide bonds. The van der Waals surface area contributed by atoms with Gasteiger partial charge in [-0.1, -0.05) is 0 Å². The summed E-state index contributed by atoms with van der Waals surface area (Å²) in [6.45, 7) is 2.05. The van der Waals surface area contributed by atoms with E-state index in [4.69, 9.17) is 0 Å². The van der Waals surface area contributed by atoms with E-state index in [2.05, 4.69) is 45.0 Å². The lowest BCUT2D eigenvalue weighted by Crippen LogP contribution is -2.27.